The van der Waals surface area contributed by atoms with Crippen LogP contribution >= 0.6 is 0 Å². The highest BCUT2D eigenvalue weighted by molar-refractivity contribution is 7.92. The minimum atomic E-state index is -2.51. The molecule has 2 N–H and O–H groups in total. The highest BCUT2D eigenvalue weighted by Gasteiger charge is 2.37. The fraction of sp³-hybridized carbons (Fsp3) is 0.500. The quantitative estimate of drug-likeness (QED) is 0.849. The minimum Gasteiger partial charge on any atom is -0.434 e. The summed E-state index contributed by atoms with van der Waals surface area (Å²) in [7, 11) is -1.06. The molecule has 2 saturated heterocycles. The maximum absolute atomic E-state index is 14.6. The summed E-state index contributed by atoms with van der Waals surface area (Å²) in [6, 6.07) is 4.50. The molecule has 0 aromatic heterocycles. The number of benzene rings is 1. The van der Waals surface area contributed by atoms with Gasteiger partial charge in [-0.1, -0.05) is 6.07 Å². The SMILES string of the molecule is CNC(=O)[C@H]1CN(c2ccc([C@H]3CC[S@@](=N)(=O)CC3)c(F)c2)C(=O)O1. The molecule has 3 rings (SSSR count). The zero-order valence-electron chi connectivity index (χ0n) is 13.8. The number of carbonyl (C=O) groups excluding carboxylic acids is 2. The van der Waals surface area contributed by atoms with Crippen molar-refractivity contribution in [3.8, 4) is 0 Å². The Kier molecular flexibility index (Phi) is 4.68. The normalized spacial score (nSPS) is 29.4. The van der Waals surface area contributed by atoms with Crippen LogP contribution in [0.2, 0.25) is 0 Å². The monoisotopic (exact) mass is 369 g/mol. The molecule has 0 saturated carbocycles. The van der Waals surface area contributed by atoms with Crippen molar-refractivity contribution in [2.75, 3.05) is 30.0 Å². The van der Waals surface area contributed by atoms with Crippen molar-refractivity contribution in [3.63, 3.8) is 0 Å². The third-order valence-corrected chi connectivity index (χ3v) is 6.47. The van der Waals surface area contributed by atoms with Gasteiger partial charge in [0.05, 0.1) is 12.2 Å². The molecule has 1 aromatic carbocycles. The number of anilines is 1. The summed E-state index contributed by atoms with van der Waals surface area (Å²) < 4.78 is 38.9. The standard InChI is InChI=1S/C16H20FN3O4S/c1-19-15(21)14-9-20(16(22)24-14)11-2-3-12(13(17)8-11)10-4-6-25(18,23)7-5-10/h2-3,8,10,14,18H,4-7,9H2,1H3,(H,19,21)/t10-,14-,25+/m1/s1. The first-order valence-electron chi connectivity index (χ1n) is 8.04. The van der Waals surface area contributed by atoms with Gasteiger partial charge >= 0.3 is 6.09 Å². The lowest BCUT2D eigenvalue weighted by atomic mass is 9.93. The maximum Gasteiger partial charge on any atom is 0.415 e. The van der Waals surface area contributed by atoms with Gasteiger partial charge in [0.15, 0.2) is 6.10 Å². The molecular formula is C16H20FN3O4S. The number of likely N-dealkylation sites (N-methyl/N-ethyl adjacent to an activating group) is 1. The molecule has 0 aliphatic carbocycles. The van der Waals surface area contributed by atoms with Crippen molar-refractivity contribution < 1.29 is 22.9 Å². The molecule has 0 spiro atoms. The van der Waals surface area contributed by atoms with Crippen LogP contribution in [0.5, 0.6) is 0 Å². The van der Waals surface area contributed by atoms with E-state index < -0.39 is 33.7 Å². The molecule has 2 aliphatic heterocycles. The Bertz CT molecular complexity index is 798. The van der Waals surface area contributed by atoms with Crippen molar-refractivity contribution in [2.24, 2.45) is 0 Å². The molecule has 2 fully saturated rings. The van der Waals surface area contributed by atoms with Gasteiger partial charge in [-0.2, -0.15) is 0 Å². The van der Waals surface area contributed by atoms with Crippen LogP contribution in [0.15, 0.2) is 18.2 Å². The molecule has 2 heterocycles. The number of carbonyl (C=O) groups is 2. The molecule has 1 atom stereocenters. The Morgan fingerprint density at radius 1 is 1.40 bits per heavy atom. The van der Waals surface area contributed by atoms with Crippen molar-refractivity contribution in [3.05, 3.63) is 29.6 Å². The third kappa shape index (κ3) is 3.60. The van der Waals surface area contributed by atoms with Crippen LogP contribution in [0.1, 0.15) is 24.3 Å². The number of ether oxygens (including phenoxy) is 1. The molecule has 25 heavy (non-hydrogen) atoms. The van der Waals surface area contributed by atoms with E-state index >= 15 is 0 Å². The Balaban J connectivity index is 1.76. The zero-order valence-corrected chi connectivity index (χ0v) is 14.6. The molecule has 9 heteroatoms. The summed E-state index contributed by atoms with van der Waals surface area (Å²) in [5, 5.41) is 2.41. The van der Waals surface area contributed by atoms with Crippen LogP contribution in [-0.2, 0) is 19.3 Å². The van der Waals surface area contributed by atoms with E-state index in [1.165, 1.54) is 18.0 Å². The molecule has 2 amide bonds. The number of nitrogens with one attached hydrogen (secondary N) is 2. The van der Waals surface area contributed by atoms with E-state index in [0.29, 0.717) is 24.1 Å². The summed E-state index contributed by atoms with van der Waals surface area (Å²) in [6.07, 6.45) is -0.567. The van der Waals surface area contributed by atoms with Crippen molar-refractivity contribution >= 4 is 27.4 Å². The molecule has 136 valence electrons. The second-order valence-electron chi connectivity index (χ2n) is 6.30. The first kappa shape index (κ1) is 17.7. The van der Waals surface area contributed by atoms with Crippen molar-refractivity contribution in [1.29, 1.82) is 4.78 Å². The predicted octanol–water partition coefficient (Wildman–Crippen LogP) is 1.82. The molecular weight excluding hydrogens is 349 g/mol. The van der Waals surface area contributed by atoms with Crippen LogP contribution in [0.25, 0.3) is 0 Å². The molecule has 0 unspecified atom stereocenters. The Hall–Kier alpha value is -2.16. The van der Waals surface area contributed by atoms with Gasteiger partial charge in [0.25, 0.3) is 5.91 Å². The smallest absolute Gasteiger partial charge is 0.415 e. The first-order chi connectivity index (χ1) is 11.8. The predicted molar refractivity (Wildman–Crippen MR) is 90.7 cm³/mol. The van der Waals surface area contributed by atoms with Crippen molar-refractivity contribution in [2.45, 2.75) is 24.9 Å². The highest BCUT2D eigenvalue weighted by atomic mass is 32.2. The van der Waals surface area contributed by atoms with E-state index in [4.69, 9.17) is 9.52 Å². The van der Waals surface area contributed by atoms with Crippen LogP contribution in [-0.4, -0.2) is 47.4 Å². The van der Waals surface area contributed by atoms with Gasteiger partial charge in [-0.05, 0) is 36.5 Å². The van der Waals surface area contributed by atoms with E-state index in [9.17, 15) is 18.2 Å². The summed E-state index contributed by atoms with van der Waals surface area (Å²) in [4.78, 5) is 24.7. The second-order valence-corrected chi connectivity index (χ2v) is 8.74. The molecule has 7 nitrogen and oxygen atoms in total. The Morgan fingerprint density at radius 3 is 2.68 bits per heavy atom. The number of hydrogen-bond donors (Lipinski definition) is 2. The third-order valence-electron chi connectivity index (χ3n) is 4.68. The number of hydrogen-bond acceptors (Lipinski definition) is 5. The van der Waals surface area contributed by atoms with E-state index in [-0.39, 0.29) is 24.0 Å². The average molecular weight is 369 g/mol. The second kappa shape index (κ2) is 6.62. The Morgan fingerprint density at radius 2 is 2.08 bits per heavy atom. The number of cyclic esters (lactones) is 1. The van der Waals surface area contributed by atoms with Gasteiger partial charge in [-0.3, -0.25) is 14.5 Å². The number of amides is 2. The number of rotatable bonds is 3. The zero-order chi connectivity index (χ0) is 18.2. The van der Waals surface area contributed by atoms with Gasteiger partial charge in [0.2, 0.25) is 0 Å². The number of halogens is 1. The van der Waals surface area contributed by atoms with Gasteiger partial charge < -0.3 is 10.1 Å². The van der Waals surface area contributed by atoms with Gasteiger partial charge in [-0.25, -0.2) is 13.4 Å². The average Bonchev–Trinajstić information content (AvgIpc) is 2.96. The largest absolute Gasteiger partial charge is 0.434 e. The Labute approximate surface area is 145 Å². The van der Waals surface area contributed by atoms with Gasteiger partial charge in [0.1, 0.15) is 5.82 Å². The fourth-order valence-corrected chi connectivity index (χ4v) is 4.74. The van der Waals surface area contributed by atoms with E-state index in [2.05, 4.69) is 5.32 Å². The summed E-state index contributed by atoms with van der Waals surface area (Å²) in [5.41, 5.74) is 0.840. The van der Waals surface area contributed by atoms with Gasteiger partial charge in [0, 0.05) is 28.3 Å². The van der Waals surface area contributed by atoms with Gasteiger partial charge in [-0.15, -0.1) is 0 Å². The summed E-state index contributed by atoms with van der Waals surface area (Å²) >= 11 is 0. The van der Waals surface area contributed by atoms with Crippen LogP contribution in [0.3, 0.4) is 0 Å². The molecule has 0 bridgehead atoms. The summed E-state index contributed by atoms with van der Waals surface area (Å²) in [6.45, 7) is 0.0294. The minimum absolute atomic E-state index is 0.0294. The van der Waals surface area contributed by atoms with Crippen LogP contribution < -0.4 is 10.2 Å². The lowest BCUT2D eigenvalue weighted by Gasteiger charge is -2.25. The van der Waals surface area contributed by atoms with Crippen molar-refractivity contribution in [1.82, 2.24) is 5.32 Å². The molecule has 0 radical (unpaired) electrons. The van der Waals surface area contributed by atoms with E-state index in [0.717, 1.165) is 0 Å². The summed E-state index contributed by atoms with van der Waals surface area (Å²) in [5.74, 6) is -0.361. The van der Waals surface area contributed by atoms with E-state index in [1.807, 2.05) is 0 Å². The fourth-order valence-electron chi connectivity index (χ4n) is 3.21. The topological polar surface area (TPSA) is 99.6 Å². The van der Waals surface area contributed by atoms with Crippen LogP contribution in [0, 0.1) is 10.6 Å². The molecule has 1 aromatic rings. The number of nitrogens with zero attached hydrogens (tertiary/aromatic N) is 1. The van der Waals surface area contributed by atoms with Crippen LogP contribution in [0.4, 0.5) is 14.9 Å². The highest BCUT2D eigenvalue weighted by Crippen LogP contribution is 2.33. The van der Waals surface area contributed by atoms with E-state index in [1.54, 1.807) is 12.1 Å². The first-order valence-corrected chi connectivity index (χ1v) is 9.94. The lowest BCUT2D eigenvalue weighted by molar-refractivity contribution is -0.127. The maximum atomic E-state index is 14.6. The lowest BCUT2D eigenvalue weighted by Crippen LogP contribution is -2.35. The molecule has 2 aliphatic rings.